The molecule has 3 amide bonds. The summed E-state index contributed by atoms with van der Waals surface area (Å²) in [7, 11) is 0. The zero-order chi connectivity index (χ0) is 26.1. The number of nitrogens with one attached hydrogen (secondary N) is 2. The third-order valence-electron chi connectivity index (χ3n) is 7.92. The van der Waals surface area contributed by atoms with E-state index in [4.69, 9.17) is 11.6 Å². The first-order valence-electron chi connectivity index (χ1n) is 12.2. The largest absolute Gasteiger partial charge is 0.324 e. The second-order valence-electron chi connectivity index (χ2n) is 9.92. The van der Waals surface area contributed by atoms with Gasteiger partial charge in [-0.15, -0.1) is 0 Å². The first-order chi connectivity index (χ1) is 17.7. The number of halogens is 1. The normalized spacial score (nSPS) is 26.0. The summed E-state index contributed by atoms with van der Waals surface area (Å²) >= 11 is 6.35. The number of ketones is 1. The topological polar surface area (TPSA) is 95.6 Å². The van der Waals surface area contributed by atoms with E-state index >= 15 is 0 Å². The van der Waals surface area contributed by atoms with Crippen molar-refractivity contribution in [3.63, 3.8) is 0 Å². The lowest BCUT2D eigenvalue weighted by molar-refractivity contribution is -0.130. The van der Waals surface area contributed by atoms with Gasteiger partial charge in [0.1, 0.15) is 5.54 Å². The molecule has 0 saturated carbocycles. The minimum absolute atomic E-state index is 0.109. The summed E-state index contributed by atoms with van der Waals surface area (Å²) in [4.78, 5) is 54.7. The summed E-state index contributed by atoms with van der Waals surface area (Å²) in [5.41, 5.74) is 2.37. The summed E-state index contributed by atoms with van der Waals surface area (Å²) in [6, 6.07) is 19.1. The van der Waals surface area contributed by atoms with E-state index in [1.165, 1.54) is 11.8 Å². The molecule has 1 spiro atoms. The number of anilines is 2. The fourth-order valence-electron chi connectivity index (χ4n) is 6.13. The van der Waals surface area contributed by atoms with Gasteiger partial charge in [-0.3, -0.25) is 24.5 Å². The molecule has 0 bridgehead atoms. The number of fused-ring (bicyclic) bond motifs is 4. The summed E-state index contributed by atoms with van der Waals surface area (Å²) in [5.74, 6) is -2.97. The predicted molar refractivity (Wildman–Crippen MR) is 139 cm³/mol. The van der Waals surface area contributed by atoms with Crippen LogP contribution in [-0.4, -0.2) is 29.5 Å². The van der Waals surface area contributed by atoms with Crippen molar-refractivity contribution in [1.82, 2.24) is 5.32 Å². The van der Waals surface area contributed by atoms with Gasteiger partial charge >= 0.3 is 0 Å². The number of carbonyl (C=O) groups excluding carboxylic acids is 4. The highest BCUT2D eigenvalue weighted by Gasteiger charge is 2.70. The minimum Gasteiger partial charge on any atom is -0.324 e. The molecule has 8 heteroatoms. The Bertz CT molecular complexity index is 1490. The zero-order valence-electron chi connectivity index (χ0n) is 20.2. The van der Waals surface area contributed by atoms with E-state index in [-0.39, 0.29) is 17.6 Å². The SMILES string of the molecule is CC(=O)c1ccc(N2C(=O)[C@@H]3[C@H](Cc4ccccc4)N[C@@]4(C(=O)Nc5c4ccc(Cl)c5C)[C@H]3C2=O)cc1. The standard InChI is InChI=1S/C29H24ClN3O4/c1-15-21(30)13-12-20-25(15)31-28(37)29(20)24-23(22(32-29)14-17-6-4-3-5-7-17)26(35)33(27(24)36)19-10-8-18(9-11-19)16(2)34/h3-13,22-24,32H,14H2,1-2H3,(H,31,37)/t22-,23+,24+,29+/m0/s1. The van der Waals surface area contributed by atoms with Crippen LogP contribution in [-0.2, 0) is 26.3 Å². The van der Waals surface area contributed by atoms with Crippen LogP contribution >= 0.6 is 11.6 Å². The molecule has 2 fully saturated rings. The van der Waals surface area contributed by atoms with Crippen LogP contribution in [0.25, 0.3) is 0 Å². The monoisotopic (exact) mass is 513 g/mol. The summed E-state index contributed by atoms with van der Waals surface area (Å²) in [6.45, 7) is 3.28. The van der Waals surface area contributed by atoms with Crippen LogP contribution in [0.1, 0.15) is 34.0 Å². The van der Waals surface area contributed by atoms with Crippen molar-refractivity contribution in [2.75, 3.05) is 10.2 Å². The van der Waals surface area contributed by atoms with E-state index in [1.54, 1.807) is 36.4 Å². The molecule has 3 heterocycles. The number of hydrogen-bond acceptors (Lipinski definition) is 5. The maximum Gasteiger partial charge on any atom is 0.250 e. The lowest BCUT2D eigenvalue weighted by Crippen LogP contribution is -2.53. The second kappa shape index (κ2) is 8.36. The zero-order valence-corrected chi connectivity index (χ0v) is 21.0. The highest BCUT2D eigenvalue weighted by molar-refractivity contribution is 6.32. The van der Waals surface area contributed by atoms with E-state index < -0.39 is 29.3 Å². The van der Waals surface area contributed by atoms with Gasteiger partial charge in [0, 0.05) is 22.2 Å². The molecule has 0 unspecified atom stereocenters. The van der Waals surface area contributed by atoms with E-state index in [0.29, 0.717) is 39.5 Å². The van der Waals surface area contributed by atoms with Gasteiger partial charge in [0.25, 0.3) is 0 Å². The number of amides is 3. The molecular formula is C29H24ClN3O4. The van der Waals surface area contributed by atoms with Crippen LogP contribution in [0.3, 0.4) is 0 Å². The lowest BCUT2D eigenvalue weighted by Gasteiger charge is -2.29. The van der Waals surface area contributed by atoms with Gasteiger partial charge in [0.15, 0.2) is 5.78 Å². The Labute approximate surface area is 218 Å². The van der Waals surface area contributed by atoms with E-state index in [0.717, 1.165) is 5.56 Å². The number of rotatable bonds is 4. The molecule has 6 rings (SSSR count). The quantitative estimate of drug-likeness (QED) is 0.406. The third kappa shape index (κ3) is 3.31. The van der Waals surface area contributed by atoms with Crippen LogP contribution in [0.2, 0.25) is 5.02 Å². The molecule has 186 valence electrons. The van der Waals surface area contributed by atoms with Crippen LogP contribution in [0.15, 0.2) is 66.7 Å². The van der Waals surface area contributed by atoms with Crippen molar-refractivity contribution in [2.24, 2.45) is 11.8 Å². The Hall–Kier alpha value is -3.81. The third-order valence-corrected chi connectivity index (χ3v) is 8.32. The highest BCUT2D eigenvalue weighted by atomic mass is 35.5. The van der Waals surface area contributed by atoms with Crippen molar-refractivity contribution < 1.29 is 19.2 Å². The molecule has 0 radical (unpaired) electrons. The number of benzene rings is 3. The van der Waals surface area contributed by atoms with Crippen LogP contribution in [0.4, 0.5) is 11.4 Å². The molecule has 4 atom stereocenters. The maximum atomic E-state index is 14.1. The number of imide groups is 1. The predicted octanol–water partition coefficient (Wildman–Crippen LogP) is 4.02. The Balaban J connectivity index is 1.49. The summed E-state index contributed by atoms with van der Waals surface area (Å²) in [6.07, 6.45) is 0.467. The van der Waals surface area contributed by atoms with Crippen molar-refractivity contribution >= 4 is 46.5 Å². The van der Waals surface area contributed by atoms with Gasteiger partial charge in [-0.1, -0.05) is 48.0 Å². The average molecular weight is 514 g/mol. The van der Waals surface area contributed by atoms with Gasteiger partial charge in [0.2, 0.25) is 17.7 Å². The molecule has 0 aliphatic carbocycles. The first-order valence-corrected chi connectivity index (χ1v) is 12.5. The van der Waals surface area contributed by atoms with Gasteiger partial charge in [-0.25, -0.2) is 4.90 Å². The van der Waals surface area contributed by atoms with Crippen molar-refractivity contribution in [3.05, 3.63) is 94.0 Å². The van der Waals surface area contributed by atoms with Gasteiger partial charge in [-0.2, -0.15) is 0 Å². The average Bonchev–Trinajstić information content (AvgIpc) is 3.47. The highest BCUT2D eigenvalue weighted by Crippen LogP contribution is 2.55. The van der Waals surface area contributed by atoms with Crippen molar-refractivity contribution in [1.29, 1.82) is 0 Å². The lowest BCUT2D eigenvalue weighted by atomic mass is 9.76. The summed E-state index contributed by atoms with van der Waals surface area (Å²) in [5, 5.41) is 6.91. The van der Waals surface area contributed by atoms with E-state index in [1.807, 2.05) is 37.3 Å². The second-order valence-corrected chi connectivity index (χ2v) is 10.3. The van der Waals surface area contributed by atoms with Crippen molar-refractivity contribution in [3.8, 4) is 0 Å². The van der Waals surface area contributed by atoms with Crippen LogP contribution < -0.4 is 15.5 Å². The number of carbonyl (C=O) groups is 4. The molecule has 7 nitrogen and oxygen atoms in total. The maximum absolute atomic E-state index is 14.1. The minimum atomic E-state index is -1.41. The molecule has 3 aromatic carbocycles. The molecule has 37 heavy (non-hydrogen) atoms. The van der Waals surface area contributed by atoms with E-state index in [9.17, 15) is 19.2 Å². The fraction of sp³-hybridized carbons (Fsp3) is 0.241. The molecular weight excluding hydrogens is 490 g/mol. The Kier molecular flexibility index (Phi) is 5.33. The molecule has 2 saturated heterocycles. The molecule has 3 aliphatic heterocycles. The van der Waals surface area contributed by atoms with E-state index in [2.05, 4.69) is 10.6 Å². The van der Waals surface area contributed by atoms with Crippen LogP contribution in [0.5, 0.6) is 0 Å². The summed E-state index contributed by atoms with van der Waals surface area (Å²) < 4.78 is 0. The molecule has 3 aromatic rings. The number of Topliss-reactive ketones (excluding diaryl/α,β-unsaturated/α-hetero) is 1. The Morgan fingerprint density at radius 2 is 1.68 bits per heavy atom. The van der Waals surface area contributed by atoms with Crippen LogP contribution in [0, 0.1) is 18.8 Å². The van der Waals surface area contributed by atoms with Gasteiger partial charge < -0.3 is 5.32 Å². The fourth-order valence-corrected chi connectivity index (χ4v) is 6.29. The Morgan fingerprint density at radius 1 is 0.973 bits per heavy atom. The Morgan fingerprint density at radius 3 is 2.35 bits per heavy atom. The van der Waals surface area contributed by atoms with Gasteiger partial charge in [-0.05, 0) is 61.7 Å². The van der Waals surface area contributed by atoms with Gasteiger partial charge in [0.05, 0.1) is 23.2 Å². The first kappa shape index (κ1) is 23.6. The molecule has 0 aromatic heterocycles. The van der Waals surface area contributed by atoms with Crippen molar-refractivity contribution in [2.45, 2.75) is 31.8 Å². The number of hydrogen-bond donors (Lipinski definition) is 2. The molecule has 2 N–H and O–H groups in total. The molecule has 3 aliphatic rings. The number of nitrogens with zero attached hydrogens (tertiary/aromatic N) is 1. The smallest absolute Gasteiger partial charge is 0.250 e.